The predicted octanol–water partition coefficient (Wildman–Crippen LogP) is 1.65. The first kappa shape index (κ1) is 10.7. The van der Waals surface area contributed by atoms with Crippen LogP contribution in [0.15, 0.2) is 24.3 Å². The number of nitrogens with two attached hydrogens (primary N) is 1. The molecule has 1 amide bonds. The van der Waals surface area contributed by atoms with E-state index in [0.29, 0.717) is 11.1 Å². The van der Waals surface area contributed by atoms with Crippen molar-refractivity contribution in [2.75, 3.05) is 0 Å². The number of hydrogen-bond acceptors (Lipinski definition) is 2. The highest BCUT2D eigenvalue weighted by Crippen LogP contribution is 2.23. The van der Waals surface area contributed by atoms with Crippen molar-refractivity contribution in [3.8, 4) is 0 Å². The number of carbonyl (C=O) groups excluding carboxylic acids is 2. The number of halogens is 1. The highest BCUT2D eigenvalue weighted by Gasteiger charge is 2.18. The molecule has 1 aromatic carbocycles. The van der Waals surface area contributed by atoms with Gasteiger partial charge in [0.1, 0.15) is 5.38 Å². The van der Waals surface area contributed by atoms with Crippen molar-refractivity contribution in [3.05, 3.63) is 35.4 Å². The van der Waals surface area contributed by atoms with Gasteiger partial charge in [0.05, 0.1) is 0 Å². The van der Waals surface area contributed by atoms with E-state index in [9.17, 15) is 9.59 Å². The van der Waals surface area contributed by atoms with Crippen molar-refractivity contribution in [1.82, 2.24) is 0 Å². The lowest BCUT2D eigenvalue weighted by Crippen LogP contribution is -2.18. The van der Waals surface area contributed by atoms with Crippen molar-refractivity contribution in [2.45, 2.75) is 12.3 Å². The third-order valence-corrected chi connectivity index (χ3v) is 2.31. The fourth-order valence-corrected chi connectivity index (χ4v) is 1.38. The molecule has 1 atom stereocenters. The van der Waals surface area contributed by atoms with Crippen LogP contribution in [-0.4, -0.2) is 11.7 Å². The minimum absolute atomic E-state index is 0.132. The van der Waals surface area contributed by atoms with Gasteiger partial charge in [0.2, 0.25) is 5.91 Å². The summed E-state index contributed by atoms with van der Waals surface area (Å²) in [5, 5.41) is -0.949. The Morgan fingerprint density at radius 2 is 1.93 bits per heavy atom. The van der Waals surface area contributed by atoms with E-state index in [1.54, 1.807) is 24.3 Å². The molecule has 74 valence electrons. The molecule has 0 saturated heterocycles. The van der Waals surface area contributed by atoms with Gasteiger partial charge in [0.25, 0.3) is 0 Å². The fourth-order valence-electron chi connectivity index (χ4n) is 1.19. The van der Waals surface area contributed by atoms with E-state index in [4.69, 9.17) is 17.3 Å². The molecule has 2 N–H and O–H groups in total. The van der Waals surface area contributed by atoms with E-state index in [0.717, 1.165) is 0 Å². The summed E-state index contributed by atoms with van der Waals surface area (Å²) in [4.78, 5) is 22.0. The minimum atomic E-state index is -0.949. The molecule has 0 saturated carbocycles. The number of Topliss-reactive ketones (excluding diaryl/α,β-unsaturated/α-hetero) is 1. The van der Waals surface area contributed by atoms with Crippen LogP contribution >= 0.6 is 11.6 Å². The van der Waals surface area contributed by atoms with Gasteiger partial charge >= 0.3 is 0 Å². The molecule has 4 heteroatoms. The number of hydrogen-bond donors (Lipinski definition) is 1. The Hall–Kier alpha value is -1.35. The molecule has 0 fully saturated rings. The van der Waals surface area contributed by atoms with E-state index in [1.165, 1.54) is 6.92 Å². The normalized spacial score (nSPS) is 12.1. The molecule has 0 bridgehead atoms. The quantitative estimate of drug-likeness (QED) is 0.611. The highest BCUT2D eigenvalue weighted by molar-refractivity contribution is 6.31. The summed E-state index contributed by atoms with van der Waals surface area (Å²) >= 11 is 5.76. The van der Waals surface area contributed by atoms with Gasteiger partial charge in [-0.25, -0.2) is 0 Å². The molecule has 0 aliphatic rings. The largest absolute Gasteiger partial charge is 0.368 e. The zero-order valence-electron chi connectivity index (χ0n) is 7.66. The number of alkyl halides is 1. The van der Waals surface area contributed by atoms with Crippen LogP contribution < -0.4 is 5.73 Å². The number of benzene rings is 1. The maximum absolute atomic E-state index is 11.2. The van der Waals surface area contributed by atoms with E-state index in [-0.39, 0.29) is 5.78 Å². The molecule has 0 radical (unpaired) electrons. The van der Waals surface area contributed by atoms with Gasteiger partial charge in [-0.1, -0.05) is 24.3 Å². The van der Waals surface area contributed by atoms with Gasteiger partial charge < -0.3 is 5.73 Å². The Balaban J connectivity index is 3.19. The molecule has 14 heavy (non-hydrogen) atoms. The molecule has 1 rings (SSSR count). The number of carbonyl (C=O) groups is 2. The minimum Gasteiger partial charge on any atom is -0.368 e. The van der Waals surface area contributed by atoms with Crippen molar-refractivity contribution >= 4 is 23.3 Å². The summed E-state index contributed by atoms with van der Waals surface area (Å²) in [6.07, 6.45) is 0. The van der Waals surface area contributed by atoms with Gasteiger partial charge in [-0.2, -0.15) is 0 Å². The third-order valence-electron chi connectivity index (χ3n) is 1.86. The predicted molar refractivity (Wildman–Crippen MR) is 54.2 cm³/mol. The van der Waals surface area contributed by atoms with Crippen LogP contribution in [0, 0.1) is 0 Å². The second kappa shape index (κ2) is 4.24. The Labute approximate surface area is 86.9 Å². The average molecular weight is 212 g/mol. The molecule has 0 heterocycles. The fraction of sp³-hybridized carbons (Fsp3) is 0.200. The van der Waals surface area contributed by atoms with E-state index < -0.39 is 11.3 Å². The van der Waals surface area contributed by atoms with Crippen molar-refractivity contribution in [3.63, 3.8) is 0 Å². The summed E-state index contributed by atoms with van der Waals surface area (Å²) in [5.41, 5.74) is 5.96. The monoisotopic (exact) mass is 211 g/mol. The van der Waals surface area contributed by atoms with Crippen LogP contribution in [-0.2, 0) is 4.79 Å². The van der Waals surface area contributed by atoms with E-state index >= 15 is 0 Å². The van der Waals surface area contributed by atoms with Crippen molar-refractivity contribution in [2.24, 2.45) is 5.73 Å². The summed E-state index contributed by atoms with van der Waals surface area (Å²) in [5.74, 6) is -0.784. The zero-order chi connectivity index (χ0) is 10.7. The number of rotatable bonds is 3. The first-order chi connectivity index (χ1) is 6.54. The molecule has 3 nitrogen and oxygen atoms in total. The van der Waals surface area contributed by atoms with Crippen LogP contribution in [0.25, 0.3) is 0 Å². The van der Waals surface area contributed by atoms with Crippen LogP contribution in [0.2, 0.25) is 0 Å². The zero-order valence-corrected chi connectivity index (χ0v) is 8.41. The lowest BCUT2D eigenvalue weighted by molar-refractivity contribution is -0.117. The van der Waals surface area contributed by atoms with Crippen molar-refractivity contribution in [1.29, 1.82) is 0 Å². The first-order valence-corrected chi connectivity index (χ1v) is 4.51. The summed E-state index contributed by atoms with van der Waals surface area (Å²) < 4.78 is 0. The Bertz CT molecular complexity index is 376. The Morgan fingerprint density at radius 1 is 1.36 bits per heavy atom. The van der Waals surface area contributed by atoms with Gasteiger partial charge in [0.15, 0.2) is 5.78 Å². The second-order valence-corrected chi connectivity index (χ2v) is 3.34. The van der Waals surface area contributed by atoms with E-state index in [1.807, 2.05) is 0 Å². The Kier molecular flexibility index (Phi) is 3.25. The summed E-state index contributed by atoms with van der Waals surface area (Å²) in [7, 11) is 0. The molecule has 0 spiro atoms. The topological polar surface area (TPSA) is 60.2 Å². The van der Waals surface area contributed by atoms with E-state index in [2.05, 4.69) is 0 Å². The number of ketones is 1. The highest BCUT2D eigenvalue weighted by atomic mass is 35.5. The molecular formula is C10H10ClNO2. The van der Waals surface area contributed by atoms with Gasteiger partial charge in [-0.15, -0.1) is 11.6 Å². The van der Waals surface area contributed by atoms with Crippen LogP contribution in [0.4, 0.5) is 0 Å². The van der Waals surface area contributed by atoms with Crippen LogP contribution in [0.1, 0.15) is 28.2 Å². The van der Waals surface area contributed by atoms with Crippen LogP contribution in [0.3, 0.4) is 0 Å². The first-order valence-electron chi connectivity index (χ1n) is 4.07. The van der Waals surface area contributed by atoms with Crippen molar-refractivity contribution < 1.29 is 9.59 Å². The number of amides is 1. The second-order valence-electron chi connectivity index (χ2n) is 2.91. The maximum Gasteiger partial charge on any atom is 0.240 e. The standard InChI is InChI=1S/C10H10ClNO2/c1-6(13)7-4-2-3-5-8(7)9(11)10(12)14/h2-5,9H,1H3,(H2,12,14). The third kappa shape index (κ3) is 2.12. The average Bonchev–Trinajstić information content (AvgIpc) is 2.16. The van der Waals surface area contributed by atoms with Gasteiger partial charge in [-0.05, 0) is 12.5 Å². The molecule has 1 aromatic rings. The molecule has 0 aliphatic heterocycles. The molecule has 0 aromatic heterocycles. The summed E-state index contributed by atoms with van der Waals surface area (Å²) in [6.45, 7) is 1.42. The Morgan fingerprint density at radius 3 is 2.43 bits per heavy atom. The molecule has 1 unspecified atom stereocenters. The summed E-state index contributed by atoms with van der Waals surface area (Å²) in [6, 6.07) is 6.67. The lowest BCUT2D eigenvalue weighted by Gasteiger charge is -2.09. The molecule has 0 aliphatic carbocycles. The lowest BCUT2D eigenvalue weighted by atomic mass is 10.0. The van der Waals surface area contributed by atoms with Gasteiger partial charge in [0, 0.05) is 5.56 Å². The maximum atomic E-state index is 11.2. The SMILES string of the molecule is CC(=O)c1ccccc1C(Cl)C(N)=O. The van der Waals surface area contributed by atoms with Crippen LogP contribution in [0.5, 0.6) is 0 Å². The van der Waals surface area contributed by atoms with Gasteiger partial charge in [-0.3, -0.25) is 9.59 Å². The molecular weight excluding hydrogens is 202 g/mol. The smallest absolute Gasteiger partial charge is 0.240 e. The number of primary amides is 1.